The number of nitrogens with zero attached hydrogens (tertiary/aromatic N) is 1. The second-order valence-corrected chi connectivity index (χ2v) is 4.23. The second-order valence-electron chi connectivity index (χ2n) is 4.23. The lowest BCUT2D eigenvalue weighted by Crippen LogP contribution is -2.39. The molecule has 0 bridgehead atoms. The van der Waals surface area contributed by atoms with Crippen LogP contribution in [0.4, 0.5) is 4.79 Å². The van der Waals surface area contributed by atoms with Crippen molar-refractivity contribution in [2.75, 3.05) is 20.2 Å². The fourth-order valence-electron chi connectivity index (χ4n) is 1.49. The maximum absolute atomic E-state index is 11.7. The number of aliphatic hydroxyl groups excluding tert-OH is 1. The van der Waals surface area contributed by atoms with E-state index in [-0.39, 0.29) is 18.7 Å². The van der Waals surface area contributed by atoms with Crippen LogP contribution in [0.1, 0.15) is 24.1 Å². The lowest BCUT2D eigenvalue weighted by atomic mass is 10.1. The molecule has 0 radical (unpaired) electrons. The summed E-state index contributed by atoms with van der Waals surface area (Å²) < 4.78 is 0. The van der Waals surface area contributed by atoms with Gasteiger partial charge in [-0.25, -0.2) is 4.79 Å². The number of amides is 2. The third kappa shape index (κ3) is 4.07. The molecule has 1 rings (SSSR count). The molecule has 1 aromatic rings. The van der Waals surface area contributed by atoms with Crippen LogP contribution in [0, 0.1) is 6.92 Å². The third-order valence-electron chi connectivity index (χ3n) is 2.70. The minimum atomic E-state index is -0.174. The molecule has 0 saturated carbocycles. The number of aliphatic hydroxyl groups is 1. The third-order valence-corrected chi connectivity index (χ3v) is 2.70. The van der Waals surface area contributed by atoms with Crippen LogP contribution in [0.25, 0.3) is 0 Å². The summed E-state index contributed by atoms with van der Waals surface area (Å²) in [7, 11) is 1.66. The molecule has 1 aromatic carbocycles. The quantitative estimate of drug-likeness (QED) is 0.836. The second kappa shape index (κ2) is 6.25. The van der Waals surface area contributed by atoms with E-state index in [0.29, 0.717) is 6.54 Å². The van der Waals surface area contributed by atoms with Gasteiger partial charge in [0.1, 0.15) is 0 Å². The van der Waals surface area contributed by atoms with Gasteiger partial charge in [-0.15, -0.1) is 0 Å². The number of urea groups is 1. The van der Waals surface area contributed by atoms with Crippen molar-refractivity contribution in [2.24, 2.45) is 0 Å². The van der Waals surface area contributed by atoms with Gasteiger partial charge in [0.05, 0.1) is 12.6 Å². The van der Waals surface area contributed by atoms with Crippen molar-refractivity contribution in [3.63, 3.8) is 0 Å². The largest absolute Gasteiger partial charge is 0.395 e. The smallest absolute Gasteiger partial charge is 0.317 e. The van der Waals surface area contributed by atoms with Crippen molar-refractivity contribution >= 4 is 6.03 Å². The lowest BCUT2D eigenvalue weighted by molar-refractivity contribution is 0.188. The number of aryl methyl sites for hydroxylation is 1. The molecule has 0 aliphatic heterocycles. The topological polar surface area (TPSA) is 52.6 Å². The Balaban J connectivity index is 2.57. The number of carbonyl (C=O) groups excluding carboxylic acids is 1. The lowest BCUT2D eigenvalue weighted by Gasteiger charge is -2.20. The normalized spacial score (nSPS) is 12.0. The Hall–Kier alpha value is -1.55. The van der Waals surface area contributed by atoms with Gasteiger partial charge in [0.15, 0.2) is 0 Å². The first-order valence-corrected chi connectivity index (χ1v) is 5.73. The number of likely N-dealkylation sites (N-methyl/N-ethyl adjacent to an activating group) is 1. The predicted octanol–water partition coefficient (Wildman–Crippen LogP) is 1.69. The Morgan fingerprint density at radius 1 is 1.41 bits per heavy atom. The molecule has 1 atom stereocenters. The van der Waals surface area contributed by atoms with Crippen LogP contribution >= 0.6 is 0 Å². The molecule has 94 valence electrons. The van der Waals surface area contributed by atoms with Crippen LogP contribution in [0.3, 0.4) is 0 Å². The van der Waals surface area contributed by atoms with E-state index in [1.54, 1.807) is 7.05 Å². The summed E-state index contributed by atoms with van der Waals surface area (Å²) in [6, 6.07) is 7.85. The van der Waals surface area contributed by atoms with Gasteiger partial charge >= 0.3 is 6.03 Å². The fraction of sp³-hybridized carbons (Fsp3) is 0.462. The van der Waals surface area contributed by atoms with E-state index in [4.69, 9.17) is 5.11 Å². The highest BCUT2D eigenvalue weighted by Crippen LogP contribution is 2.13. The van der Waals surface area contributed by atoms with Crippen molar-refractivity contribution in [3.8, 4) is 0 Å². The molecule has 1 unspecified atom stereocenters. The average molecular weight is 236 g/mol. The van der Waals surface area contributed by atoms with E-state index >= 15 is 0 Å². The molecule has 2 amide bonds. The molecule has 0 heterocycles. The Kier molecular flexibility index (Phi) is 4.97. The van der Waals surface area contributed by atoms with Crippen molar-refractivity contribution in [1.29, 1.82) is 0 Å². The SMILES string of the molecule is Cc1ccc(C(C)NC(=O)N(C)CCO)cc1. The van der Waals surface area contributed by atoms with E-state index in [0.717, 1.165) is 5.56 Å². The molecular weight excluding hydrogens is 216 g/mol. The van der Waals surface area contributed by atoms with Gasteiger partial charge in [0.25, 0.3) is 0 Å². The zero-order valence-corrected chi connectivity index (χ0v) is 10.6. The van der Waals surface area contributed by atoms with Crippen molar-refractivity contribution in [1.82, 2.24) is 10.2 Å². The van der Waals surface area contributed by atoms with Crippen LogP contribution in [0.15, 0.2) is 24.3 Å². The summed E-state index contributed by atoms with van der Waals surface area (Å²) in [6.07, 6.45) is 0. The number of carbonyl (C=O) groups is 1. The molecule has 2 N–H and O–H groups in total. The molecule has 17 heavy (non-hydrogen) atoms. The zero-order chi connectivity index (χ0) is 12.8. The highest BCUT2D eigenvalue weighted by Gasteiger charge is 2.12. The molecule has 4 heteroatoms. The van der Waals surface area contributed by atoms with Gasteiger partial charge < -0.3 is 15.3 Å². The first kappa shape index (κ1) is 13.5. The van der Waals surface area contributed by atoms with E-state index < -0.39 is 0 Å². The van der Waals surface area contributed by atoms with Gasteiger partial charge in [0, 0.05) is 13.6 Å². The highest BCUT2D eigenvalue weighted by atomic mass is 16.3. The van der Waals surface area contributed by atoms with Crippen LogP contribution in [0.2, 0.25) is 0 Å². The number of hydrogen-bond donors (Lipinski definition) is 2. The highest BCUT2D eigenvalue weighted by molar-refractivity contribution is 5.74. The van der Waals surface area contributed by atoms with E-state index in [1.165, 1.54) is 10.5 Å². The molecule has 0 saturated heterocycles. The Bertz CT molecular complexity index is 362. The van der Waals surface area contributed by atoms with Gasteiger partial charge in [-0.3, -0.25) is 0 Å². The number of benzene rings is 1. The molecule has 4 nitrogen and oxygen atoms in total. The molecule has 0 aliphatic carbocycles. The van der Waals surface area contributed by atoms with Crippen molar-refractivity contribution in [3.05, 3.63) is 35.4 Å². The predicted molar refractivity (Wildman–Crippen MR) is 67.8 cm³/mol. The number of hydrogen-bond acceptors (Lipinski definition) is 2. The summed E-state index contributed by atoms with van der Waals surface area (Å²) in [4.78, 5) is 13.2. The van der Waals surface area contributed by atoms with Gasteiger partial charge in [0.2, 0.25) is 0 Å². The van der Waals surface area contributed by atoms with Crippen molar-refractivity contribution < 1.29 is 9.90 Å². The number of rotatable bonds is 4. The van der Waals surface area contributed by atoms with E-state index in [1.807, 2.05) is 38.1 Å². The summed E-state index contributed by atoms with van der Waals surface area (Å²) in [6.45, 7) is 4.28. The van der Waals surface area contributed by atoms with Crippen LogP contribution in [-0.4, -0.2) is 36.2 Å². The summed E-state index contributed by atoms with van der Waals surface area (Å²) in [5.41, 5.74) is 2.27. The minimum Gasteiger partial charge on any atom is -0.395 e. The first-order valence-electron chi connectivity index (χ1n) is 5.73. The van der Waals surface area contributed by atoms with Gasteiger partial charge in [-0.2, -0.15) is 0 Å². The Labute approximate surface area is 102 Å². The van der Waals surface area contributed by atoms with Gasteiger partial charge in [-0.1, -0.05) is 29.8 Å². The molecular formula is C13H20N2O2. The zero-order valence-electron chi connectivity index (χ0n) is 10.6. The summed E-state index contributed by atoms with van der Waals surface area (Å²) in [5, 5.41) is 11.6. The van der Waals surface area contributed by atoms with Crippen LogP contribution in [0.5, 0.6) is 0 Å². The first-order chi connectivity index (χ1) is 8.04. The Morgan fingerprint density at radius 3 is 2.53 bits per heavy atom. The average Bonchev–Trinajstić information content (AvgIpc) is 2.30. The Morgan fingerprint density at radius 2 is 2.00 bits per heavy atom. The molecule has 0 aliphatic rings. The maximum atomic E-state index is 11.7. The molecule has 0 fully saturated rings. The van der Waals surface area contributed by atoms with Gasteiger partial charge in [-0.05, 0) is 19.4 Å². The van der Waals surface area contributed by atoms with Crippen molar-refractivity contribution in [2.45, 2.75) is 19.9 Å². The minimum absolute atomic E-state index is 0.0250. The van der Waals surface area contributed by atoms with E-state index in [9.17, 15) is 4.79 Å². The number of nitrogens with one attached hydrogen (secondary N) is 1. The fourth-order valence-corrected chi connectivity index (χ4v) is 1.49. The monoisotopic (exact) mass is 236 g/mol. The summed E-state index contributed by atoms with van der Waals surface area (Å²) >= 11 is 0. The van der Waals surface area contributed by atoms with Crippen LogP contribution in [-0.2, 0) is 0 Å². The molecule has 0 aromatic heterocycles. The maximum Gasteiger partial charge on any atom is 0.317 e. The molecule has 0 spiro atoms. The van der Waals surface area contributed by atoms with E-state index in [2.05, 4.69) is 5.32 Å². The standard InChI is InChI=1S/C13H20N2O2/c1-10-4-6-12(7-5-10)11(2)14-13(17)15(3)8-9-16/h4-7,11,16H,8-9H2,1-3H3,(H,14,17). The van der Waals surface area contributed by atoms with Crippen LogP contribution < -0.4 is 5.32 Å². The summed E-state index contributed by atoms with van der Waals surface area (Å²) in [5.74, 6) is 0.